The quantitative estimate of drug-likeness (QED) is 0.760. The van der Waals surface area contributed by atoms with Gasteiger partial charge in [0.05, 0.1) is 17.9 Å². The molecule has 0 saturated carbocycles. The molecule has 2 aromatic rings. The number of nitrogens with zero attached hydrogens (tertiary/aromatic N) is 2. The van der Waals surface area contributed by atoms with Crippen molar-refractivity contribution in [1.29, 1.82) is 0 Å². The standard InChI is InChI=1S/C13H14N2O2/c1-3-17-13(16)11-7-5-4-6-10(11)12-8-9-15(2)14-12/h4-9H,3H2,1-2H3. The molecule has 4 heteroatoms. The Bertz CT molecular complexity index is 532. The van der Waals surface area contributed by atoms with E-state index in [1.165, 1.54) is 0 Å². The van der Waals surface area contributed by atoms with Crippen LogP contribution in [0.3, 0.4) is 0 Å². The molecular weight excluding hydrogens is 216 g/mol. The number of esters is 1. The highest BCUT2D eigenvalue weighted by Gasteiger charge is 2.14. The molecule has 0 aliphatic heterocycles. The topological polar surface area (TPSA) is 44.1 Å². The van der Waals surface area contributed by atoms with E-state index in [1.807, 2.05) is 37.5 Å². The fourth-order valence-corrected chi connectivity index (χ4v) is 1.65. The first-order valence-corrected chi connectivity index (χ1v) is 5.48. The van der Waals surface area contributed by atoms with Crippen LogP contribution in [0.25, 0.3) is 11.3 Å². The van der Waals surface area contributed by atoms with E-state index in [0.717, 1.165) is 11.3 Å². The summed E-state index contributed by atoms with van der Waals surface area (Å²) in [6.45, 7) is 2.16. The maximum Gasteiger partial charge on any atom is 0.338 e. The van der Waals surface area contributed by atoms with Gasteiger partial charge >= 0.3 is 5.97 Å². The van der Waals surface area contributed by atoms with E-state index in [4.69, 9.17) is 4.74 Å². The van der Waals surface area contributed by atoms with Gasteiger partial charge in [0, 0.05) is 18.8 Å². The van der Waals surface area contributed by atoms with Crippen molar-refractivity contribution >= 4 is 5.97 Å². The van der Waals surface area contributed by atoms with Crippen LogP contribution in [0, 0.1) is 0 Å². The number of benzene rings is 1. The van der Waals surface area contributed by atoms with Crippen molar-refractivity contribution in [3.05, 3.63) is 42.1 Å². The van der Waals surface area contributed by atoms with Gasteiger partial charge in [-0.15, -0.1) is 0 Å². The second-order valence-corrected chi connectivity index (χ2v) is 3.64. The Morgan fingerprint density at radius 2 is 2.12 bits per heavy atom. The minimum absolute atomic E-state index is 0.311. The van der Waals surface area contributed by atoms with E-state index in [-0.39, 0.29) is 5.97 Å². The maximum absolute atomic E-state index is 11.8. The molecule has 17 heavy (non-hydrogen) atoms. The van der Waals surface area contributed by atoms with Crippen LogP contribution in [0.5, 0.6) is 0 Å². The Hall–Kier alpha value is -2.10. The molecule has 0 bridgehead atoms. The van der Waals surface area contributed by atoms with Crippen LogP contribution in [-0.2, 0) is 11.8 Å². The van der Waals surface area contributed by atoms with Crippen LogP contribution >= 0.6 is 0 Å². The minimum atomic E-state index is -0.311. The molecule has 1 heterocycles. The van der Waals surface area contributed by atoms with Crippen LogP contribution in [0.15, 0.2) is 36.5 Å². The van der Waals surface area contributed by atoms with Crippen molar-refractivity contribution in [3.8, 4) is 11.3 Å². The Kier molecular flexibility index (Phi) is 3.23. The predicted molar refractivity (Wildman–Crippen MR) is 64.6 cm³/mol. The minimum Gasteiger partial charge on any atom is -0.462 e. The van der Waals surface area contributed by atoms with Gasteiger partial charge in [-0.3, -0.25) is 4.68 Å². The third kappa shape index (κ3) is 2.36. The van der Waals surface area contributed by atoms with Crippen molar-refractivity contribution in [2.24, 2.45) is 7.05 Å². The van der Waals surface area contributed by atoms with Gasteiger partial charge in [0.15, 0.2) is 0 Å². The largest absolute Gasteiger partial charge is 0.462 e. The summed E-state index contributed by atoms with van der Waals surface area (Å²) in [5, 5.41) is 4.29. The molecule has 4 nitrogen and oxygen atoms in total. The van der Waals surface area contributed by atoms with Crippen molar-refractivity contribution in [2.75, 3.05) is 6.61 Å². The number of hydrogen-bond acceptors (Lipinski definition) is 3. The molecule has 1 aromatic heterocycles. The zero-order chi connectivity index (χ0) is 12.3. The zero-order valence-corrected chi connectivity index (χ0v) is 9.88. The highest BCUT2D eigenvalue weighted by molar-refractivity contribution is 5.96. The van der Waals surface area contributed by atoms with Crippen LogP contribution in [0.4, 0.5) is 0 Å². The summed E-state index contributed by atoms with van der Waals surface area (Å²) >= 11 is 0. The number of aryl methyl sites for hydroxylation is 1. The lowest BCUT2D eigenvalue weighted by Gasteiger charge is -2.06. The van der Waals surface area contributed by atoms with E-state index in [1.54, 1.807) is 17.7 Å². The first-order chi connectivity index (χ1) is 8.22. The number of carbonyl (C=O) groups is 1. The third-order valence-corrected chi connectivity index (χ3v) is 2.41. The second-order valence-electron chi connectivity index (χ2n) is 3.64. The first kappa shape index (κ1) is 11.4. The van der Waals surface area contributed by atoms with E-state index in [0.29, 0.717) is 12.2 Å². The smallest absolute Gasteiger partial charge is 0.338 e. The monoisotopic (exact) mass is 230 g/mol. The lowest BCUT2D eigenvalue weighted by atomic mass is 10.1. The SMILES string of the molecule is CCOC(=O)c1ccccc1-c1ccn(C)n1. The van der Waals surface area contributed by atoms with Crippen LogP contribution in [-0.4, -0.2) is 22.4 Å². The zero-order valence-electron chi connectivity index (χ0n) is 9.88. The Morgan fingerprint density at radius 3 is 2.76 bits per heavy atom. The molecule has 0 aliphatic carbocycles. The molecule has 0 amide bonds. The third-order valence-electron chi connectivity index (χ3n) is 2.41. The van der Waals surface area contributed by atoms with Gasteiger partial charge in [0.1, 0.15) is 0 Å². The van der Waals surface area contributed by atoms with Crippen LogP contribution < -0.4 is 0 Å². The molecule has 0 atom stereocenters. The fraction of sp³-hybridized carbons (Fsp3) is 0.231. The van der Waals surface area contributed by atoms with Crippen molar-refractivity contribution in [3.63, 3.8) is 0 Å². The summed E-state index contributed by atoms with van der Waals surface area (Å²) in [7, 11) is 1.84. The van der Waals surface area contributed by atoms with E-state index in [2.05, 4.69) is 5.10 Å². The number of rotatable bonds is 3. The van der Waals surface area contributed by atoms with Gasteiger partial charge in [-0.1, -0.05) is 18.2 Å². The molecule has 0 saturated heterocycles. The summed E-state index contributed by atoms with van der Waals surface area (Å²) in [6.07, 6.45) is 1.84. The molecule has 0 radical (unpaired) electrons. The normalized spacial score (nSPS) is 10.2. The molecular formula is C13H14N2O2. The van der Waals surface area contributed by atoms with Crippen molar-refractivity contribution in [1.82, 2.24) is 9.78 Å². The predicted octanol–water partition coefficient (Wildman–Crippen LogP) is 2.26. The molecule has 0 fully saturated rings. The molecule has 0 N–H and O–H groups in total. The lowest BCUT2D eigenvalue weighted by molar-refractivity contribution is 0.0527. The molecule has 0 unspecified atom stereocenters. The van der Waals surface area contributed by atoms with Gasteiger partial charge < -0.3 is 4.74 Å². The Morgan fingerprint density at radius 1 is 1.35 bits per heavy atom. The maximum atomic E-state index is 11.8. The molecule has 88 valence electrons. The summed E-state index contributed by atoms with van der Waals surface area (Å²) in [4.78, 5) is 11.8. The van der Waals surface area contributed by atoms with Crippen molar-refractivity contribution < 1.29 is 9.53 Å². The van der Waals surface area contributed by atoms with E-state index < -0.39 is 0 Å². The molecule has 1 aromatic carbocycles. The van der Waals surface area contributed by atoms with Gasteiger partial charge in [0.2, 0.25) is 0 Å². The molecule has 0 aliphatic rings. The average molecular weight is 230 g/mol. The van der Waals surface area contributed by atoms with Gasteiger partial charge in [-0.25, -0.2) is 4.79 Å². The summed E-state index contributed by atoms with van der Waals surface area (Å²) < 4.78 is 6.73. The number of ether oxygens (including phenoxy) is 1. The van der Waals surface area contributed by atoms with E-state index >= 15 is 0 Å². The first-order valence-electron chi connectivity index (χ1n) is 5.48. The molecule has 0 spiro atoms. The Labute approximate surface area is 99.8 Å². The highest BCUT2D eigenvalue weighted by atomic mass is 16.5. The summed E-state index contributed by atoms with van der Waals surface area (Å²) in [5.41, 5.74) is 2.12. The van der Waals surface area contributed by atoms with Gasteiger partial charge in [-0.05, 0) is 19.1 Å². The Balaban J connectivity index is 2.44. The summed E-state index contributed by atoms with van der Waals surface area (Å²) in [6, 6.07) is 9.19. The fourth-order valence-electron chi connectivity index (χ4n) is 1.65. The number of carbonyl (C=O) groups excluding carboxylic acids is 1. The van der Waals surface area contributed by atoms with E-state index in [9.17, 15) is 4.79 Å². The van der Waals surface area contributed by atoms with Gasteiger partial charge in [-0.2, -0.15) is 5.10 Å². The average Bonchev–Trinajstić information content (AvgIpc) is 2.76. The number of hydrogen-bond donors (Lipinski definition) is 0. The lowest BCUT2D eigenvalue weighted by Crippen LogP contribution is -2.06. The number of aromatic nitrogens is 2. The summed E-state index contributed by atoms with van der Waals surface area (Å²) in [5.74, 6) is -0.311. The highest BCUT2D eigenvalue weighted by Crippen LogP contribution is 2.22. The second kappa shape index (κ2) is 4.82. The van der Waals surface area contributed by atoms with Crippen molar-refractivity contribution in [2.45, 2.75) is 6.92 Å². The van der Waals surface area contributed by atoms with Gasteiger partial charge in [0.25, 0.3) is 0 Å². The van der Waals surface area contributed by atoms with Crippen LogP contribution in [0.2, 0.25) is 0 Å². The van der Waals surface area contributed by atoms with Crippen LogP contribution in [0.1, 0.15) is 17.3 Å². The molecule has 2 rings (SSSR count).